The zero-order valence-electron chi connectivity index (χ0n) is 9.38. The fraction of sp³-hybridized carbons (Fsp3) is 0.0714. The van der Waals surface area contributed by atoms with Crippen LogP contribution in [0.1, 0.15) is 11.1 Å². The summed E-state index contributed by atoms with van der Waals surface area (Å²) >= 11 is 5.98. The van der Waals surface area contributed by atoms with Crippen molar-refractivity contribution in [1.29, 1.82) is 0 Å². The van der Waals surface area contributed by atoms with Crippen molar-refractivity contribution in [2.45, 2.75) is 5.60 Å². The number of carbonyl (C=O) groups is 1. The Bertz CT molecular complexity index is 568. The molecular formula is C14H11ClO3. The minimum absolute atomic E-state index is 0.158. The van der Waals surface area contributed by atoms with Crippen molar-refractivity contribution in [1.82, 2.24) is 0 Å². The van der Waals surface area contributed by atoms with E-state index in [1.165, 1.54) is 6.07 Å². The average Bonchev–Trinajstić information content (AvgIpc) is 2.39. The zero-order valence-corrected chi connectivity index (χ0v) is 10.1. The number of aliphatic hydroxyl groups is 1. The van der Waals surface area contributed by atoms with Crippen LogP contribution in [0.15, 0.2) is 54.6 Å². The second-order valence-electron chi connectivity index (χ2n) is 3.86. The maximum absolute atomic E-state index is 11.5. The Hall–Kier alpha value is -1.84. The first-order chi connectivity index (χ1) is 8.56. The zero-order chi connectivity index (χ0) is 13.2. The average molecular weight is 263 g/mol. The van der Waals surface area contributed by atoms with Crippen molar-refractivity contribution in [2.24, 2.45) is 0 Å². The van der Waals surface area contributed by atoms with Crippen molar-refractivity contribution in [2.75, 3.05) is 0 Å². The van der Waals surface area contributed by atoms with E-state index in [1.807, 2.05) is 0 Å². The van der Waals surface area contributed by atoms with Crippen LogP contribution in [0.25, 0.3) is 0 Å². The van der Waals surface area contributed by atoms with Gasteiger partial charge in [-0.15, -0.1) is 0 Å². The van der Waals surface area contributed by atoms with Crippen molar-refractivity contribution < 1.29 is 15.0 Å². The van der Waals surface area contributed by atoms with Crippen molar-refractivity contribution in [3.8, 4) is 0 Å². The monoisotopic (exact) mass is 262 g/mol. The number of hydrogen-bond donors (Lipinski definition) is 2. The summed E-state index contributed by atoms with van der Waals surface area (Å²) in [7, 11) is 0. The largest absolute Gasteiger partial charge is 0.479 e. The molecule has 2 aromatic rings. The molecule has 0 saturated carbocycles. The summed E-state index contributed by atoms with van der Waals surface area (Å²) in [5.41, 5.74) is -1.71. The van der Waals surface area contributed by atoms with Gasteiger partial charge in [-0.25, -0.2) is 4.79 Å². The van der Waals surface area contributed by atoms with E-state index in [9.17, 15) is 15.0 Å². The highest BCUT2D eigenvalue weighted by atomic mass is 35.5. The van der Waals surface area contributed by atoms with E-state index in [1.54, 1.807) is 48.5 Å². The minimum atomic E-state index is -2.14. The highest BCUT2D eigenvalue weighted by Gasteiger charge is 2.41. The number of aliphatic carboxylic acids is 1. The van der Waals surface area contributed by atoms with Crippen LogP contribution >= 0.6 is 11.6 Å². The fourth-order valence-electron chi connectivity index (χ4n) is 1.83. The molecule has 1 atom stereocenters. The number of hydrogen-bond acceptors (Lipinski definition) is 2. The molecule has 0 aliphatic rings. The molecule has 1 unspecified atom stereocenters. The summed E-state index contributed by atoms with van der Waals surface area (Å²) in [5.74, 6) is -1.36. The van der Waals surface area contributed by atoms with Gasteiger partial charge < -0.3 is 10.2 Å². The van der Waals surface area contributed by atoms with Crippen molar-refractivity contribution in [3.05, 3.63) is 70.7 Å². The second-order valence-corrected chi connectivity index (χ2v) is 4.27. The maximum Gasteiger partial charge on any atom is 0.345 e. The fourth-order valence-corrected chi connectivity index (χ4v) is 2.10. The molecule has 92 valence electrons. The van der Waals surface area contributed by atoms with Gasteiger partial charge in [0.15, 0.2) is 0 Å². The Kier molecular flexibility index (Phi) is 3.36. The van der Waals surface area contributed by atoms with Gasteiger partial charge >= 0.3 is 5.97 Å². The van der Waals surface area contributed by atoms with Crippen LogP contribution in [0.5, 0.6) is 0 Å². The van der Waals surface area contributed by atoms with Gasteiger partial charge in [-0.1, -0.05) is 60.1 Å². The molecule has 0 spiro atoms. The molecule has 18 heavy (non-hydrogen) atoms. The number of halogens is 1. The number of benzene rings is 2. The number of carboxylic acids is 1. The van der Waals surface area contributed by atoms with E-state index in [-0.39, 0.29) is 16.1 Å². The molecule has 0 amide bonds. The van der Waals surface area contributed by atoms with E-state index < -0.39 is 11.6 Å². The summed E-state index contributed by atoms with van der Waals surface area (Å²) in [6.45, 7) is 0. The van der Waals surface area contributed by atoms with Gasteiger partial charge in [0.2, 0.25) is 5.60 Å². The standard InChI is InChI=1S/C14H11ClO3/c15-12-9-5-4-8-11(12)14(18,13(16)17)10-6-2-1-3-7-10/h1-9,18H,(H,16,17). The van der Waals surface area contributed by atoms with Crippen LogP contribution in [0, 0.1) is 0 Å². The predicted molar refractivity (Wildman–Crippen MR) is 68.5 cm³/mol. The lowest BCUT2D eigenvalue weighted by Crippen LogP contribution is -2.37. The van der Waals surface area contributed by atoms with Gasteiger partial charge in [0.25, 0.3) is 0 Å². The molecule has 0 bridgehead atoms. The number of rotatable bonds is 3. The van der Waals surface area contributed by atoms with Gasteiger partial charge in [0.1, 0.15) is 0 Å². The summed E-state index contributed by atoms with van der Waals surface area (Å²) in [4.78, 5) is 11.5. The summed E-state index contributed by atoms with van der Waals surface area (Å²) in [5, 5.41) is 20.1. The number of carboxylic acid groups (broad SMARTS) is 1. The first kappa shape index (κ1) is 12.6. The topological polar surface area (TPSA) is 57.5 Å². The lowest BCUT2D eigenvalue weighted by molar-refractivity contribution is -0.155. The third-order valence-corrected chi connectivity index (χ3v) is 3.09. The summed E-state index contributed by atoms with van der Waals surface area (Å²) in [6, 6.07) is 14.6. The van der Waals surface area contributed by atoms with E-state index >= 15 is 0 Å². The summed E-state index contributed by atoms with van der Waals surface area (Å²) in [6.07, 6.45) is 0. The van der Waals surface area contributed by atoms with Gasteiger partial charge in [-0.3, -0.25) is 0 Å². The minimum Gasteiger partial charge on any atom is -0.479 e. The summed E-state index contributed by atoms with van der Waals surface area (Å²) < 4.78 is 0. The third-order valence-electron chi connectivity index (χ3n) is 2.76. The van der Waals surface area contributed by atoms with E-state index in [2.05, 4.69) is 0 Å². The quantitative estimate of drug-likeness (QED) is 0.894. The van der Waals surface area contributed by atoms with Crippen LogP contribution in [0.4, 0.5) is 0 Å². The Labute approximate surface area is 109 Å². The van der Waals surface area contributed by atoms with Gasteiger partial charge in [0.05, 0.1) is 0 Å². The molecule has 0 saturated heterocycles. The molecule has 0 aromatic heterocycles. The van der Waals surface area contributed by atoms with E-state index in [0.717, 1.165) is 0 Å². The predicted octanol–water partition coefficient (Wildman–Crippen LogP) is 2.66. The van der Waals surface area contributed by atoms with E-state index in [0.29, 0.717) is 0 Å². The molecule has 4 heteroatoms. The van der Waals surface area contributed by atoms with Gasteiger partial charge in [-0.2, -0.15) is 0 Å². The molecular weight excluding hydrogens is 252 g/mol. The Morgan fingerprint density at radius 1 is 1.00 bits per heavy atom. The lowest BCUT2D eigenvalue weighted by Gasteiger charge is -2.25. The van der Waals surface area contributed by atoms with Crippen LogP contribution in [0.2, 0.25) is 5.02 Å². The highest BCUT2D eigenvalue weighted by molar-refractivity contribution is 6.31. The molecule has 0 fully saturated rings. The van der Waals surface area contributed by atoms with Gasteiger partial charge in [0, 0.05) is 10.6 Å². The Balaban J connectivity index is 2.67. The van der Waals surface area contributed by atoms with Crippen LogP contribution < -0.4 is 0 Å². The molecule has 0 aliphatic carbocycles. The molecule has 2 aromatic carbocycles. The van der Waals surface area contributed by atoms with Crippen molar-refractivity contribution in [3.63, 3.8) is 0 Å². The normalized spacial score (nSPS) is 13.9. The Morgan fingerprint density at radius 3 is 2.11 bits per heavy atom. The first-order valence-corrected chi connectivity index (χ1v) is 5.71. The van der Waals surface area contributed by atoms with Gasteiger partial charge in [-0.05, 0) is 11.6 Å². The lowest BCUT2D eigenvalue weighted by atomic mass is 9.86. The molecule has 0 heterocycles. The SMILES string of the molecule is O=C(O)C(O)(c1ccccc1)c1ccccc1Cl. The Morgan fingerprint density at radius 2 is 1.56 bits per heavy atom. The molecule has 2 N–H and O–H groups in total. The molecule has 2 rings (SSSR count). The molecule has 0 radical (unpaired) electrons. The third kappa shape index (κ3) is 1.98. The smallest absolute Gasteiger partial charge is 0.345 e. The molecule has 0 aliphatic heterocycles. The maximum atomic E-state index is 11.5. The van der Waals surface area contributed by atoms with Crippen molar-refractivity contribution >= 4 is 17.6 Å². The molecule has 3 nitrogen and oxygen atoms in total. The van der Waals surface area contributed by atoms with E-state index in [4.69, 9.17) is 11.6 Å². The van der Waals surface area contributed by atoms with Crippen LogP contribution in [-0.4, -0.2) is 16.2 Å². The highest BCUT2D eigenvalue weighted by Crippen LogP contribution is 2.34. The second kappa shape index (κ2) is 4.80. The van der Waals surface area contributed by atoms with Crippen LogP contribution in [0.3, 0.4) is 0 Å². The van der Waals surface area contributed by atoms with Crippen LogP contribution in [-0.2, 0) is 10.4 Å². The first-order valence-electron chi connectivity index (χ1n) is 5.33.